The Balaban J connectivity index is 2.05. The lowest BCUT2D eigenvalue weighted by atomic mass is 10.2. The molecule has 0 spiro atoms. The van der Waals surface area contributed by atoms with Gasteiger partial charge < -0.3 is 5.32 Å². The Bertz CT molecular complexity index is 440. The number of hydrogen-bond acceptors (Lipinski definition) is 3. The van der Waals surface area contributed by atoms with Gasteiger partial charge in [-0.2, -0.15) is 0 Å². The number of thiazole rings is 1. The number of halogens is 1. The quantitative estimate of drug-likeness (QED) is 0.882. The fourth-order valence-corrected chi connectivity index (χ4v) is 2.13. The van der Waals surface area contributed by atoms with Crippen molar-refractivity contribution in [3.63, 3.8) is 0 Å². The second-order valence-corrected chi connectivity index (χ2v) is 4.44. The van der Waals surface area contributed by atoms with Gasteiger partial charge in [0.2, 0.25) is 0 Å². The van der Waals surface area contributed by atoms with E-state index in [-0.39, 0.29) is 0 Å². The van der Waals surface area contributed by atoms with Crippen LogP contribution in [-0.4, -0.2) is 4.98 Å². The molecular formula is C11H11ClN2S. The fraction of sp³-hybridized carbons (Fsp3) is 0.182. The highest BCUT2D eigenvalue weighted by Crippen LogP contribution is 2.23. The third-order valence-electron chi connectivity index (χ3n) is 2.07. The summed E-state index contributed by atoms with van der Waals surface area (Å²) in [5.74, 6) is 0. The summed E-state index contributed by atoms with van der Waals surface area (Å²) < 4.78 is 0. The van der Waals surface area contributed by atoms with Gasteiger partial charge in [-0.3, -0.25) is 0 Å². The van der Waals surface area contributed by atoms with E-state index in [1.54, 1.807) is 11.3 Å². The van der Waals surface area contributed by atoms with E-state index in [4.69, 9.17) is 11.6 Å². The second-order valence-electron chi connectivity index (χ2n) is 3.32. The minimum Gasteiger partial charge on any atom is -0.378 e. The molecule has 0 atom stereocenters. The Morgan fingerprint density at radius 3 is 3.00 bits per heavy atom. The van der Waals surface area contributed by atoms with Gasteiger partial charge in [0.25, 0.3) is 0 Å². The molecule has 0 unspecified atom stereocenters. The number of hydrogen-bond donors (Lipinski definition) is 1. The molecule has 4 heteroatoms. The van der Waals surface area contributed by atoms with Crippen LogP contribution < -0.4 is 5.32 Å². The average molecular weight is 239 g/mol. The van der Waals surface area contributed by atoms with Crippen LogP contribution in [0.4, 0.5) is 5.69 Å². The summed E-state index contributed by atoms with van der Waals surface area (Å²) in [7, 11) is 0. The third-order valence-corrected chi connectivity index (χ3v) is 3.02. The molecule has 15 heavy (non-hydrogen) atoms. The number of aryl methyl sites for hydroxylation is 1. The molecule has 0 aliphatic rings. The van der Waals surface area contributed by atoms with E-state index in [2.05, 4.69) is 10.3 Å². The summed E-state index contributed by atoms with van der Waals surface area (Å²) in [5.41, 5.74) is 4.99. The van der Waals surface area contributed by atoms with Crippen molar-refractivity contribution < 1.29 is 0 Å². The first-order chi connectivity index (χ1) is 7.25. The maximum atomic E-state index is 6.09. The van der Waals surface area contributed by atoms with Gasteiger partial charge in [-0.25, -0.2) is 4.98 Å². The van der Waals surface area contributed by atoms with Crippen molar-refractivity contribution in [2.75, 3.05) is 5.32 Å². The minimum atomic E-state index is 0.715. The van der Waals surface area contributed by atoms with Crippen LogP contribution >= 0.6 is 22.9 Å². The molecule has 0 saturated heterocycles. The summed E-state index contributed by atoms with van der Waals surface area (Å²) in [6.07, 6.45) is 0. The maximum Gasteiger partial charge on any atom is 0.0795 e. The van der Waals surface area contributed by atoms with Crippen LogP contribution in [0.15, 0.2) is 29.1 Å². The van der Waals surface area contributed by atoms with Crippen LogP contribution in [-0.2, 0) is 6.54 Å². The summed E-state index contributed by atoms with van der Waals surface area (Å²) >= 11 is 7.69. The first kappa shape index (κ1) is 10.5. The highest BCUT2D eigenvalue weighted by Gasteiger charge is 2.00. The molecule has 78 valence electrons. The second kappa shape index (κ2) is 4.64. The van der Waals surface area contributed by atoms with Gasteiger partial charge in [-0.15, -0.1) is 11.3 Å². The molecule has 2 rings (SSSR count). The largest absolute Gasteiger partial charge is 0.378 e. The Hall–Kier alpha value is -1.06. The van der Waals surface area contributed by atoms with E-state index in [1.165, 1.54) is 5.56 Å². The van der Waals surface area contributed by atoms with Gasteiger partial charge in [0.15, 0.2) is 0 Å². The van der Waals surface area contributed by atoms with Crippen LogP contribution in [0.1, 0.15) is 11.3 Å². The molecule has 0 aliphatic heterocycles. The monoisotopic (exact) mass is 238 g/mol. The molecule has 1 aromatic heterocycles. The Kier molecular flexibility index (Phi) is 3.23. The van der Waals surface area contributed by atoms with Crippen molar-refractivity contribution >= 4 is 28.6 Å². The van der Waals surface area contributed by atoms with Crippen LogP contribution in [0.3, 0.4) is 0 Å². The number of anilines is 1. The van der Waals surface area contributed by atoms with Gasteiger partial charge in [0, 0.05) is 5.38 Å². The molecule has 2 nitrogen and oxygen atoms in total. The van der Waals surface area contributed by atoms with Gasteiger partial charge in [-0.1, -0.05) is 17.7 Å². The summed E-state index contributed by atoms with van der Waals surface area (Å²) in [4.78, 5) is 4.19. The smallest absolute Gasteiger partial charge is 0.0795 e. The highest BCUT2D eigenvalue weighted by molar-refractivity contribution is 7.07. The lowest BCUT2D eigenvalue weighted by Gasteiger charge is -2.07. The summed E-state index contributed by atoms with van der Waals surface area (Å²) in [6, 6.07) is 5.98. The number of rotatable bonds is 3. The summed E-state index contributed by atoms with van der Waals surface area (Å²) in [6.45, 7) is 2.74. The lowest BCUT2D eigenvalue weighted by molar-refractivity contribution is 1.07. The first-order valence-corrected chi connectivity index (χ1v) is 5.95. The third kappa shape index (κ3) is 2.70. The predicted octanol–water partition coefficient (Wildman–Crippen LogP) is 3.72. The predicted molar refractivity (Wildman–Crippen MR) is 65.6 cm³/mol. The zero-order valence-electron chi connectivity index (χ0n) is 8.33. The van der Waals surface area contributed by atoms with E-state index >= 15 is 0 Å². The molecule has 0 amide bonds. The number of aromatic nitrogens is 1. The van der Waals surface area contributed by atoms with Gasteiger partial charge >= 0.3 is 0 Å². The van der Waals surface area contributed by atoms with Crippen molar-refractivity contribution in [3.05, 3.63) is 45.4 Å². The molecule has 1 N–H and O–H groups in total. The van der Waals surface area contributed by atoms with Gasteiger partial charge in [-0.05, 0) is 24.6 Å². The normalized spacial score (nSPS) is 10.3. The van der Waals surface area contributed by atoms with Crippen molar-refractivity contribution in [2.45, 2.75) is 13.5 Å². The standard InChI is InChI=1S/C11H11ClN2S/c1-8-2-3-11(10(12)4-8)13-5-9-6-15-7-14-9/h2-4,6-7,13H,5H2,1H3. The Morgan fingerprint density at radius 2 is 2.33 bits per heavy atom. The Labute approximate surface area is 97.9 Å². The molecule has 0 aliphatic carbocycles. The van der Waals surface area contributed by atoms with E-state index in [1.807, 2.05) is 36.0 Å². The lowest BCUT2D eigenvalue weighted by Crippen LogP contribution is -1.99. The van der Waals surface area contributed by atoms with Crippen LogP contribution in [0.25, 0.3) is 0 Å². The zero-order chi connectivity index (χ0) is 10.7. The van der Waals surface area contributed by atoms with Crippen LogP contribution in [0.2, 0.25) is 5.02 Å². The molecule has 2 aromatic rings. The van der Waals surface area contributed by atoms with E-state index < -0.39 is 0 Å². The van der Waals surface area contributed by atoms with Crippen LogP contribution in [0, 0.1) is 6.92 Å². The minimum absolute atomic E-state index is 0.715. The highest BCUT2D eigenvalue weighted by atomic mass is 35.5. The van der Waals surface area contributed by atoms with Gasteiger partial charge in [0.1, 0.15) is 0 Å². The molecular weight excluding hydrogens is 228 g/mol. The zero-order valence-corrected chi connectivity index (χ0v) is 9.90. The fourth-order valence-electron chi connectivity index (χ4n) is 1.27. The van der Waals surface area contributed by atoms with Crippen molar-refractivity contribution in [1.82, 2.24) is 4.98 Å². The molecule has 0 fully saturated rings. The molecule has 0 bridgehead atoms. The van der Waals surface area contributed by atoms with Crippen molar-refractivity contribution in [1.29, 1.82) is 0 Å². The Morgan fingerprint density at radius 1 is 1.47 bits per heavy atom. The average Bonchev–Trinajstić information content (AvgIpc) is 2.69. The molecule has 1 heterocycles. The molecule has 0 radical (unpaired) electrons. The number of nitrogens with one attached hydrogen (secondary N) is 1. The van der Waals surface area contributed by atoms with Gasteiger partial charge in [0.05, 0.1) is 28.5 Å². The number of nitrogens with zero attached hydrogens (tertiary/aromatic N) is 1. The van der Waals surface area contributed by atoms with Crippen molar-refractivity contribution in [3.8, 4) is 0 Å². The van der Waals surface area contributed by atoms with Crippen LogP contribution in [0.5, 0.6) is 0 Å². The van der Waals surface area contributed by atoms with E-state index in [0.29, 0.717) is 6.54 Å². The van der Waals surface area contributed by atoms with Crippen molar-refractivity contribution in [2.24, 2.45) is 0 Å². The topological polar surface area (TPSA) is 24.9 Å². The van der Waals surface area contributed by atoms with E-state index in [9.17, 15) is 0 Å². The molecule has 0 saturated carbocycles. The first-order valence-electron chi connectivity index (χ1n) is 4.63. The molecule has 1 aromatic carbocycles. The maximum absolute atomic E-state index is 6.09. The van der Waals surface area contributed by atoms with E-state index in [0.717, 1.165) is 16.4 Å². The number of benzene rings is 1. The summed E-state index contributed by atoms with van der Waals surface area (Å²) in [5, 5.41) is 6.03. The SMILES string of the molecule is Cc1ccc(NCc2cscn2)c(Cl)c1.